The number of ether oxygens (including phenoxy) is 1. The highest BCUT2D eigenvalue weighted by Gasteiger charge is 2.46. The highest BCUT2D eigenvalue weighted by atomic mass is 16.5. The first-order chi connectivity index (χ1) is 16.7. The molecule has 1 fully saturated rings. The Labute approximate surface area is 207 Å². The van der Waals surface area contributed by atoms with Crippen molar-refractivity contribution in [3.63, 3.8) is 0 Å². The van der Waals surface area contributed by atoms with E-state index in [2.05, 4.69) is 18.7 Å². The second-order valence-corrected chi connectivity index (χ2v) is 9.46. The van der Waals surface area contributed by atoms with E-state index in [0.717, 1.165) is 42.1 Å². The predicted octanol–water partition coefficient (Wildman–Crippen LogP) is 3.84. The zero-order valence-electron chi connectivity index (χ0n) is 21.2. The lowest BCUT2D eigenvalue weighted by molar-refractivity contribution is -0.140. The third-order valence-electron chi connectivity index (χ3n) is 6.99. The number of hydrogen-bond donors (Lipinski definition) is 1. The molecule has 7 nitrogen and oxygen atoms in total. The number of hydrogen-bond acceptors (Lipinski definition) is 6. The SMILES string of the molecule is CCN(CC)CCN1C(=O)C(=O)/C(=C(/O)c2ccc3c(c2)C[C@H](C)O3)[C@@H]1c1ccc(N(C)C)cc1. The van der Waals surface area contributed by atoms with Crippen LogP contribution in [0.1, 0.15) is 43.5 Å². The first-order valence-electron chi connectivity index (χ1n) is 12.3. The molecular weight excluding hydrogens is 442 g/mol. The average molecular weight is 478 g/mol. The summed E-state index contributed by atoms with van der Waals surface area (Å²) in [6.07, 6.45) is 0.813. The molecule has 0 radical (unpaired) electrons. The average Bonchev–Trinajstić information content (AvgIpc) is 3.35. The lowest BCUT2D eigenvalue weighted by Gasteiger charge is -2.28. The van der Waals surface area contributed by atoms with Crippen molar-refractivity contribution in [2.75, 3.05) is 45.2 Å². The molecule has 0 saturated carbocycles. The zero-order valence-corrected chi connectivity index (χ0v) is 21.2. The summed E-state index contributed by atoms with van der Waals surface area (Å²) in [5.41, 5.74) is 3.47. The van der Waals surface area contributed by atoms with E-state index >= 15 is 0 Å². The third kappa shape index (κ3) is 4.78. The van der Waals surface area contributed by atoms with Crippen molar-refractivity contribution in [2.45, 2.75) is 39.3 Å². The van der Waals surface area contributed by atoms with Crippen LogP contribution in [0.5, 0.6) is 5.75 Å². The van der Waals surface area contributed by atoms with Crippen LogP contribution < -0.4 is 9.64 Å². The fraction of sp³-hybridized carbons (Fsp3) is 0.429. The van der Waals surface area contributed by atoms with Crippen molar-refractivity contribution >= 4 is 23.1 Å². The van der Waals surface area contributed by atoms with Gasteiger partial charge in [0.05, 0.1) is 11.6 Å². The van der Waals surface area contributed by atoms with E-state index in [1.165, 1.54) is 0 Å². The van der Waals surface area contributed by atoms with Crippen LogP contribution in [0.2, 0.25) is 0 Å². The largest absolute Gasteiger partial charge is 0.507 e. The molecule has 1 N–H and O–H groups in total. The minimum Gasteiger partial charge on any atom is -0.507 e. The summed E-state index contributed by atoms with van der Waals surface area (Å²) in [6.45, 7) is 8.93. The van der Waals surface area contributed by atoms with Crippen LogP contribution in [0.4, 0.5) is 5.69 Å². The molecule has 2 aromatic rings. The number of likely N-dealkylation sites (N-methyl/N-ethyl adjacent to an activating group) is 1. The number of amides is 1. The van der Waals surface area contributed by atoms with Gasteiger partial charge in [0.15, 0.2) is 0 Å². The van der Waals surface area contributed by atoms with Gasteiger partial charge in [-0.25, -0.2) is 0 Å². The Morgan fingerprint density at radius 1 is 1.09 bits per heavy atom. The zero-order chi connectivity index (χ0) is 25.3. The standard InChI is InChI=1S/C28H35N3O4/c1-6-30(7-2)14-15-31-25(19-8-11-22(12-9-19)29(4)5)24(27(33)28(31)34)26(32)20-10-13-23-21(17-20)16-18(3)35-23/h8-13,17-18,25,32H,6-7,14-16H2,1-5H3/b26-24+/t18-,25-/m0/s1. The van der Waals surface area contributed by atoms with Gasteiger partial charge in [-0.05, 0) is 61.5 Å². The molecule has 0 aliphatic carbocycles. The smallest absolute Gasteiger partial charge is 0.295 e. The van der Waals surface area contributed by atoms with E-state index in [1.54, 1.807) is 11.0 Å². The quantitative estimate of drug-likeness (QED) is 0.354. The van der Waals surface area contributed by atoms with Crippen molar-refractivity contribution < 1.29 is 19.4 Å². The van der Waals surface area contributed by atoms with Crippen LogP contribution in [0.3, 0.4) is 0 Å². The number of carbonyl (C=O) groups is 2. The summed E-state index contributed by atoms with van der Waals surface area (Å²) < 4.78 is 5.78. The number of carbonyl (C=O) groups excluding carboxylic acids is 2. The molecule has 0 unspecified atom stereocenters. The number of likely N-dealkylation sites (tertiary alicyclic amines) is 1. The number of aliphatic hydroxyl groups is 1. The Morgan fingerprint density at radius 2 is 1.77 bits per heavy atom. The van der Waals surface area contributed by atoms with E-state index in [1.807, 2.05) is 62.3 Å². The van der Waals surface area contributed by atoms with E-state index < -0.39 is 17.7 Å². The second-order valence-electron chi connectivity index (χ2n) is 9.46. The summed E-state index contributed by atoms with van der Waals surface area (Å²) in [4.78, 5) is 32.3. The number of Topliss-reactive ketones (excluding diaryl/α,β-unsaturated/α-hetero) is 1. The molecule has 4 rings (SSSR count). The van der Waals surface area contributed by atoms with Crippen LogP contribution in [0.15, 0.2) is 48.0 Å². The Bertz CT molecular complexity index is 1140. The Morgan fingerprint density at radius 3 is 2.40 bits per heavy atom. The van der Waals surface area contributed by atoms with Gasteiger partial charge in [-0.2, -0.15) is 0 Å². The minimum absolute atomic E-state index is 0.0725. The highest BCUT2D eigenvalue weighted by molar-refractivity contribution is 6.46. The second kappa shape index (κ2) is 10.1. The molecular formula is C28H35N3O4. The fourth-order valence-corrected chi connectivity index (χ4v) is 4.93. The van der Waals surface area contributed by atoms with E-state index in [9.17, 15) is 14.7 Å². The number of nitrogens with zero attached hydrogens (tertiary/aromatic N) is 3. The summed E-state index contributed by atoms with van der Waals surface area (Å²) in [7, 11) is 3.92. The molecule has 35 heavy (non-hydrogen) atoms. The summed E-state index contributed by atoms with van der Waals surface area (Å²) >= 11 is 0. The van der Waals surface area contributed by atoms with Crippen molar-refractivity contribution in [1.82, 2.24) is 9.80 Å². The topological polar surface area (TPSA) is 73.3 Å². The van der Waals surface area contributed by atoms with Crippen LogP contribution in [-0.2, 0) is 16.0 Å². The van der Waals surface area contributed by atoms with Crippen molar-refractivity contribution in [3.05, 3.63) is 64.7 Å². The Balaban J connectivity index is 1.78. The van der Waals surface area contributed by atoms with Crippen LogP contribution in [0, 0.1) is 0 Å². The number of anilines is 1. The van der Waals surface area contributed by atoms with Crippen molar-refractivity contribution in [1.29, 1.82) is 0 Å². The molecule has 1 saturated heterocycles. The number of ketones is 1. The number of fused-ring (bicyclic) bond motifs is 1. The molecule has 0 spiro atoms. The Hall–Kier alpha value is -3.32. The maximum absolute atomic E-state index is 13.3. The van der Waals surface area contributed by atoms with Gasteiger partial charge in [-0.3, -0.25) is 9.59 Å². The van der Waals surface area contributed by atoms with Crippen molar-refractivity contribution in [3.8, 4) is 5.75 Å². The van der Waals surface area contributed by atoms with E-state index in [0.29, 0.717) is 18.7 Å². The fourth-order valence-electron chi connectivity index (χ4n) is 4.93. The van der Waals surface area contributed by atoms with Crippen molar-refractivity contribution in [2.24, 2.45) is 0 Å². The molecule has 186 valence electrons. The van der Waals surface area contributed by atoms with Gasteiger partial charge in [0.1, 0.15) is 17.6 Å². The third-order valence-corrected chi connectivity index (χ3v) is 6.99. The van der Waals surface area contributed by atoms with Gasteiger partial charge in [-0.15, -0.1) is 0 Å². The lowest BCUT2D eigenvalue weighted by atomic mass is 9.94. The maximum atomic E-state index is 13.3. The molecule has 2 aliphatic heterocycles. The molecule has 0 bridgehead atoms. The normalized spacial score (nSPS) is 20.9. The first-order valence-corrected chi connectivity index (χ1v) is 12.3. The Kier molecular flexibility index (Phi) is 7.17. The lowest BCUT2D eigenvalue weighted by Crippen LogP contribution is -2.38. The van der Waals surface area contributed by atoms with E-state index in [-0.39, 0.29) is 17.4 Å². The molecule has 2 atom stereocenters. The van der Waals surface area contributed by atoms with Crippen LogP contribution >= 0.6 is 0 Å². The molecule has 2 aromatic carbocycles. The summed E-state index contributed by atoms with van der Waals surface area (Å²) in [6, 6.07) is 12.6. The van der Waals surface area contributed by atoms with Gasteiger partial charge in [0.25, 0.3) is 11.7 Å². The number of aliphatic hydroxyl groups excluding tert-OH is 1. The van der Waals surface area contributed by atoms with E-state index in [4.69, 9.17) is 4.74 Å². The molecule has 2 aliphatic rings. The molecule has 1 amide bonds. The molecule has 2 heterocycles. The molecule has 7 heteroatoms. The highest BCUT2D eigenvalue weighted by Crippen LogP contribution is 2.40. The molecule has 0 aromatic heterocycles. The summed E-state index contributed by atoms with van der Waals surface area (Å²) in [5, 5.41) is 11.4. The van der Waals surface area contributed by atoms with Gasteiger partial charge in [0, 0.05) is 44.9 Å². The van der Waals surface area contributed by atoms with Gasteiger partial charge in [-0.1, -0.05) is 26.0 Å². The van der Waals surface area contributed by atoms with Crippen LogP contribution in [-0.4, -0.2) is 73.0 Å². The maximum Gasteiger partial charge on any atom is 0.295 e. The van der Waals surface area contributed by atoms with Gasteiger partial charge >= 0.3 is 0 Å². The first kappa shape index (κ1) is 24.8. The number of rotatable bonds is 8. The predicted molar refractivity (Wildman–Crippen MR) is 138 cm³/mol. The number of benzene rings is 2. The van der Waals surface area contributed by atoms with Crippen LogP contribution in [0.25, 0.3) is 5.76 Å². The minimum atomic E-state index is -0.648. The summed E-state index contributed by atoms with van der Waals surface area (Å²) in [5.74, 6) is -0.561. The van der Waals surface area contributed by atoms with Gasteiger partial charge in [0.2, 0.25) is 0 Å². The van der Waals surface area contributed by atoms with Gasteiger partial charge < -0.3 is 24.5 Å². The monoisotopic (exact) mass is 477 g/mol.